The molecule has 5 nitrogen and oxygen atoms in total. The lowest BCUT2D eigenvalue weighted by atomic mass is 10.2. The van der Waals surface area contributed by atoms with Crippen molar-refractivity contribution in [1.29, 1.82) is 0 Å². The lowest BCUT2D eigenvalue weighted by molar-refractivity contribution is 0.383. The molecule has 0 spiro atoms. The van der Waals surface area contributed by atoms with Crippen LogP contribution in [0.25, 0.3) is 11.4 Å². The van der Waals surface area contributed by atoms with Crippen LogP contribution in [0.1, 0.15) is 6.92 Å². The fourth-order valence-electron chi connectivity index (χ4n) is 2.33. The number of hydrogen-bond donors (Lipinski definition) is 0. The molecule has 0 aliphatic rings. The molecule has 0 saturated carbocycles. The molecule has 0 fully saturated rings. The Balaban J connectivity index is 2.08. The molecular formula is C16H12F4N4OS. The van der Waals surface area contributed by atoms with Gasteiger partial charge >= 0.3 is 0 Å². The zero-order valence-electron chi connectivity index (χ0n) is 13.6. The summed E-state index contributed by atoms with van der Waals surface area (Å²) in [6.45, 7) is 2.12. The third kappa shape index (κ3) is 3.12. The number of rotatable bonds is 5. The van der Waals surface area contributed by atoms with Crippen LogP contribution in [0, 0.1) is 23.5 Å². The van der Waals surface area contributed by atoms with Crippen LogP contribution in [0.5, 0.6) is 5.75 Å². The molecular weight excluding hydrogens is 372 g/mol. The Kier molecular flexibility index (Phi) is 5.12. The van der Waals surface area contributed by atoms with E-state index in [1.807, 2.05) is 0 Å². The van der Waals surface area contributed by atoms with Crippen LogP contribution in [-0.4, -0.2) is 26.9 Å². The average molecular weight is 384 g/mol. The average Bonchev–Trinajstić information content (AvgIpc) is 3.06. The largest absolute Gasteiger partial charge is 0.496 e. The summed E-state index contributed by atoms with van der Waals surface area (Å²) in [6, 6.07) is 7.02. The number of halogens is 4. The predicted molar refractivity (Wildman–Crippen MR) is 85.9 cm³/mol. The van der Waals surface area contributed by atoms with Gasteiger partial charge in [0.1, 0.15) is 5.75 Å². The van der Waals surface area contributed by atoms with Crippen molar-refractivity contribution >= 4 is 11.8 Å². The first kappa shape index (κ1) is 18.2. The molecule has 0 radical (unpaired) electrons. The summed E-state index contributed by atoms with van der Waals surface area (Å²) in [4.78, 5) is 1.67. The fourth-order valence-corrected chi connectivity index (χ4v) is 3.26. The van der Waals surface area contributed by atoms with Crippen molar-refractivity contribution < 1.29 is 22.3 Å². The van der Waals surface area contributed by atoms with Gasteiger partial charge in [-0.3, -0.25) is 0 Å². The van der Waals surface area contributed by atoms with Gasteiger partial charge in [0.15, 0.2) is 22.6 Å². The monoisotopic (exact) mass is 384 g/mol. The molecule has 3 rings (SSSR count). The van der Waals surface area contributed by atoms with E-state index in [2.05, 4.69) is 15.2 Å². The zero-order valence-corrected chi connectivity index (χ0v) is 14.5. The van der Waals surface area contributed by atoms with Crippen molar-refractivity contribution in [2.24, 2.45) is 0 Å². The normalized spacial score (nSPS) is 11.0. The summed E-state index contributed by atoms with van der Waals surface area (Å²) in [5, 5.41) is 7.99. The van der Waals surface area contributed by atoms with Crippen LogP contribution in [-0.2, 0) is 6.54 Å². The Morgan fingerprint density at radius 2 is 1.69 bits per heavy atom. The van der Waals surface area contributed by atoms with E-state index in [1.165, 1.54) is 7.11 Å². The van der Waals surface area contributed by atoms with Crippen molar-refractivity contribution in [3.05, 3.63) is 47.8 Å². The second-order valence-corrected chi connectivity index (χ2v) is 5.98. The molecule has 0 aliphatic heterocycles. The van der Waals surface area contributed by atoms with Crippen LogP contribution in [0.3, 0.4) is 0 Å². The Labute approximate surface area is 150 Å². The van der Waals surface area contributed by atoms with Crippen LogP contribution >= 0.6 is 11.8 Å². The molecule has 0 amide bonds. The summed E-state index contributed by atoms with van der Waals surface area (Å²) in [5.41, 5.74) is 0.615. The Morgan fingerprint density at radius 1 is 1.04 bits per heavy atom. The van der Waals surface area contributed by atoms with Gasteiger partial charge in [-0.05, 0) is 30.8 Å². The van der Waals surface area contributed by atoms with E-state index in [9.17, 15) is 17.6 Å². The van der Waals surface area contributed by atoms with Gasteiger partial charge in [0.05, 0.1) is 17.6 Å². The number of nitrogens with zero attached hydrogens (tertiary/aromatic N) is 4. The van der Waals surface area contributed by atoms with Gasteiger partial charge in [0.2, 0.25) is 0 Å². The Bertz CT molecular complexity index is 937. The van der Waals surface area contributed by atoms with E-state index < -0.39 is 28.4 Å². The smallest absolute Gasteiger partial charge is 0.252 e. The summed E-state index contributed by atoms with van der Waals surface area (Å²) < 4.78 is 61.2. The molecule has 1 aromatic carbocycles. The van der Waals surface area contributed by atoms with Gasteiger partial charge < -0.3 is 9.30 Å². The van der Waals surface area contributed by atoms with Gasteiger partial charge in [-0.25, -0.2) is 8.78 Å². The van der Waals surface area contributed by atoms with Crippen molar-refractivity contribution in [1.82, 2.24) is 19.7 Å². The Morgan fingerprint density at radius 3 is 2.31 bits per heavy atom. The number of pyridine rings is 1. The van der Waals surface area contributed by atoms with Crippen molar-refractivity contribution in [2.45, 2.75) is 23.5 Å². The summed E-state index contributed by atoms with van der Waals surface area (Å²) in [7, 11) is 1.49. The SMILES string of the molecule is CCn1c(Sc2c(F)c(F)nc(F)c2F)nnc1-c1ccccc1OC. The summed E-state index contributed by atoms with van der Waals surface area (Å²) in [5.74, 6) is -5.69. The molecule has 0 unspecified atom stereocenters. The van der Waals surface area contributed by atoms with Gasteiger partial charge in [0, 0.05) is 6.54 Å². The molecule has 26 heavy (non-hydrogen) atoms. The second kappa shape index (κ2) is 7.32. The highest BCUT2D eigenvalue weighted by Crippen LogP contribution is 2.36. The van der Waals surface area contributed by atoms with E-state index >= 15 is 0 Å². The molecule has 3 aromatic rings. The number of benzene rings is 1. The summed E-state index contributed by atoms with van der Waals surface area (Å²) >= 11 is 0.428. The number of methoxy groups -OCH3 is 1. The van der Waals surface area contributed by atoms with Gasteiger partial charge in [-0.15, -0.1) is 10.2 Å². The van der Waals surface area contributed by atoms with E-state index in [4.69, 9.17) is 4.74 Å². The summed E-state index contributed by atoms with van der Waals surface area (Å²) in [6.07, 6.45) is 0. The topological polar surface area (TPSA) is 52.8 Å². The molecule has 10 heteroatoms. The molecule has 0 aliphatic carbocycles. The second-order valence-electron chi connectivity index (χ2n) is 5.00. The van der Waals surface area contributed by atoms with Crippen molar-refractivity contribution in [2.75, 3.05) is 7.11 Å². The molecule has 136 valence electrons. The fraction of sp³-hybridized carbons (Fsp3) is 0.188. The highest BCUT2D eigenvalue weighted by Gasteiger charge is 2.25. The van der Waals surface area contributed by atoms with Gasteiger partial charge in [-0.2, -0.15) is 13.8 Å². The van der Waals surface area contributed by atoms with E-state index in [-0.39, 0.29) is 5.16 Å². The number of para-hydroxylation sites is 1. The molecule has 0 saturated heterocycles. The van der Waals surface area contributed by atoms with E-state index in [1.54, 1.807) is 35.8 Å². The number of aromatic nitrogens is 4. The van der Waals surface area contributed by atoms with Crippen LogP contribution < -0.4 is 4.74 Å². The maximum Gasteiger partial charge on any atom is 0.252 e. The third-order valence-electron chi connectivity index (χ3n) is 3.53. The van der Waals surface area contributed by atoms with Crippen molar-refractivity contribution in [3.8, 4) is 17.1 Å². The zero-order chi connectivity index (χ0) is 18.8. The van der Waals surface area contributed by atoms with Crippen LogP contribution in [0.4, 0.5) is 17.6 Å². The van der Waals surface area contributed by atoms with Crippen LogP contribution in [0.2, 0.25) is 0 Å². The first-order valence-electron chi connectivity index (χ1n) is 7.42. The first-order valence-corrected chi connectivity index (χ1v) is 8.24. The minimum atomic E-state index is -1.72. The molecule has 0 atom stereocenters. The highest BCUT2D eigenvalue weighted by molar-refractivity contribution is 7.99. The first-order chi connectivity index (χ1) is 12.5. The highest BCUT2D eigenvalue weighted by atomic mass is 32.2. The quantitative estimate of drug-likeness (QED) is 0.490. The molecule has 0 N–H and O–H groups in total. The molecule has 0 bridgehead atoms. The van der Waals surface area contributed by atoms with E-state index in [0.717, 1.165) is 0 Å². The minimum absolute atomic E-state index is 0.0659. The lowest BCUT2D eigenvalue weighted by Gasteiger charge is -2.10. The molecule has 2 aromatic heterocycles. The van der Waals surface area contributed by atoms with Crippen molar-refractivity contribution in [3.63, 3.8) is 0 Å². The maximum atomic E-state index is 13.9. The minimum Gasteiger partial charge on any atom is -0.496 e. The standard InChI is InChI=1S/C16H12F4N4OS/c1-3-24-15(8-6-4-5-7-9(8)25-2)22-23-16(24)26-12-10(17)13(19)21-14(20)11(12)18/h4-7H,3H2,1-2H3. The number of hydrogen-bond acceptors (Lipinski definition) is 5. The Hall–Kier alpha value is -2.62. The maximum absolute atomic E-state index is 13.9. The van der Waals surface area contributed by atoms with Gasteiger partial charge in [0.25, 0.3) is 11.9 Å². The third-order valence-corrected chi connectivity index (χ3v) is 4.58. The van der Waals surface area contributed by atoms with Gasteiger partial charge in [-0.1, -0.05) is 12.1 Å². The predicted octanol–water partition coefficient (Wildman–Crippen LogP) is 4.08. The van der Waals surface area contributed by atoms with Crippen LogP contribution in [0.15, 0.2) is 34.3 Å². The van der Waals surface area contributed by atoms with E-state index in [0.29, 0.717) is 35.4 Å². The molecule has 2 heterocycles. The lowest BCUT2D eigenvalue weighted by Crippen LogP contribution is -2.04. The number of ether oxygens (including phenoxy) is 1.